The van der Waals surface area contributed by atoms with Crippen LogP contribution in [-0.4, -0.2) is 16.0 Å². The number of anilines is 2. The van der Waals surface area contributed by atoms with E-state index in [4.69, 9.17) is 5.11 Å². The summed E-state index contributed by atoms with van der Waals surface area (Å²) < 4.78 is 0.521. The van der Waals surface area contributed by atoms with Crippen LogP contribution in [0.2, 0.25) is 0 Å². The Morgan fingerprint density at radius 1 is 1.25 bits per heavy atom. The molecule has 0 saturated carbocycles. The van der Waals surface area contributed by atoms with Gasteiger partial charge in [0.2, 0.25) is 0 Å². The molecule has 7 heteroatoms. The number of carboxylic acids is 1. The van der Waals surface area contributed by atoms with Gasteiger partial charge in [0.05, 0.1) is 16.2 Å². The van der Waals surface area contributed by atoms with Crippen molar-refractivity contribution in [2.24, 2.45) is 0 Å². The Kier molecular flexibility index (Phi) is 3.99. The van der Waals surface area contributed by atoms with Crippen molar-refractivity contribution in [3.05, 3.63) is 62.6 Å². The summed E-state index contributed by atoms with van der Waals surface area (Å²) in [4.78, 5) is 21.0. The Morgan fingerprint density at radius 3 is 2.60 bits per heavy atom. The quantitative estimate of drug-likeness (QED) is 0.654. The van der Waals surface area contributed by atoms with Crippen molar-refractivity contribution >= 4 is 39.0 Å². The number of carboxylic acid groups (broad SMARTS) is 1. The first-order valence-corrected chi connectivity index (χ1v) is 6.31. The second kappa shape index (κ2) is 5.70. The van der Waals surface area contributed by atoms with E-state index in [2.05, 4.69) is 21.2 Å². The number of hydrogen-bond acceptors (Lipinski definition) is 4. The van der Waals surface area contributed by atoms with Crippen molar-refractivity contribution < 1.29 is 14.8 Å². The van der Waals surface area contributed by atoms with Crippen LogP contribution in [0.25, 0.3) is 0 Å². The highest BCUT2D eigenvalue weighted by Gasteiger charge is 2.10. The molecule has 0 aliphatic carbocycles. The van der Waals surface area contributed by atoms with E-state index in [1.54, 1.807) is 18.2 Å². The van der Waals surface area contributed by atoms with E-state index in [0.717, 1.165) is 0 Å². The van der Waals surface area contributed by atoms with E-state index in [1.165, 1.54) is 24.3 Å². The third-order valence-electron chi connectivity index (χ3n) is 2.55. The lowest BCUT2D eigenvalue weighted by Gasteiger charge is -2.09. The smallest absolute Gasteiger partial charge is 0.335 e. The molecule has 0 heterocycles. The first kappa shape index (κ1) is 14.0. The summed E-state index contributed by atoms with van der Waals surface area (Å²) in [7, 11) is 0. The lowest BCUT2D eigenvalue weighted by Crippen LogP contribution is -1.98. The zero-order valence-corrected chi connectivity index (χ0v) is 11.6. The standard InChI is InChI=1S/C13H9BrN2O4/c14-11-7-10(16(19)20)4-5-12(11)15-9-3-1-2-8(6-9)13(17)18/h1-7,15H,(H,17,18). The van der Waals surface area contributed by atoms with Crippen molar-refractivity contribution in [2.75, 3.05) is 5.32 Å². The number of nitro benzene ring substituents is 1. The highest BCUT2D eigenvalue weighted by Crippen LogP contribution is 2.29. The molecule has 0 atom stereocenters. The highest BCUT2D eigenvalue weighted by atomic mass is 79.9. The molecule has 0 bridgehead atoms. The Bertz CT molecular complexity index is 688. The van der Waals surface area contributed by atoms with Crippen molar-refractivity contribution in [3.63, 3.8) is 0 Å². The molecule has 0 saturated heterocycles. The summed E-state index contributed by atoms with van der Waals surface area (Å²) in [6.45, 7) is 0. The topological polar surface area (TPSA) is 92.5 Å². The summed E-state index contributed by atoms with van der Waals surface area (Å²) in [6.07, 6.45) is 0. The van der Waals surface area contributed by atoms with Gasteiger partial charge in [0.1, 0.15) is 0 Å². The minimum Gasteiger partial charge on any atom is -0.478 e. The van der Waals surface area contributed by atoms with E-state index in [-0.39, 0.29) is 11.3 Å². The minimum absolute atomic E-state index is 0.0262. The number of benzene rings is 2. The molecule has 0 radical (unpaired) electrons. The Labute approximate surface area is 122 Å². The Balaban J connectivity index is 2.28. The molecule has 0 amide bonds. The van der Waals surface area contributed by atoms with Crippen LogP contribution in [-0.2, 0) is 0 Å². The fourth-order valence-electron chi connectivity index (χ4n) is 1.60. The van der Waals surface area contributed by atoms with E-state index in [1.807, 2.05) is 0 Å². The van der Waals surface area contributed by atoms with Gasteiger partial charge in [-0.05, 0) is 40.2 Å². The summed E-state index contributed by atoms with van der Waals surface area (Å²) in [5.41, 5.74) is 1.33. The Hall–Kier alpha value is -2.41. The monoisotopic (exact) mass is 336 g/mol. The molecule has 6 nitrogen and oxygen atoms in total. The maximum absolute atomic E-state index is 10.9. The van der Waals surface area contributed by atoms with Crippen molar-refractivity contribution in [2.45, 2.75) is 0 Å². The number of rotatable bonds is 4. The van der Waals surface area contributed by atoms with E-state index in [9.17, 15) is 14.9 Å². The van der Waals surface area contributed by atoms with E-state index < -0.39 is 10.9 Å². The molecule has 0 spiro atoms. The SMILES string of the molecule is O=C(O)c1cccc(Nc2ccc([N+](=O)[O-])cc2Br)c1. The normalized spacial score (nSPS) is 10.1. The predicted octanol–water partition coefficient (Wildman–Crippen LogP) is 3.80. The number of nitrogens with one attached hydrogen (secondary N) is 1. The second-order valence-electron chi connectivity index (χ2n) is 3.93. The molecule has 20 heavy (non-hydrogen) atoms. The molecule has 2 aromatic carbocycles. The number of halogens is 1. The number of nitro groups is 1. The number of nitrogens with zero attached hydrogens (tertiary/aromatic N) is 1. The van der Waals surface area contributed by atoms with Crippen LogP contribution in [0.15, 0.2) is 46.9 Å². The molecule has 2 aromatic rings. The average Bonchev–Trinajstić information content (AvgIpc) is 2.41. The van der Waals surface area contributed by atoms with Gasteiger partial charge in [-0.1, -0.05) is 6.07 Å². The summed E-state index contributed by atoms with van der Waals surface area (Å²) in [5.74, 6) is -1.02. The number of non-ortho nitro benzene ring substituents is 1. The number of hydrogen-bond donors (Lipinski definition) is 2. The lowest BCUT2D eigenvalue weighted by molar-refractivity contribution is -0.384. The van der Waals surface area contributed by atoms with Gasteiger partial charge in [-0.25, -0.2) is 4.79 Å². The average molecular weight is 337 g/mol. The summed E-state index contributed by atoms with van der Waals surface area (Å²) >= 11 is 3.24. The van der Waals surface area contributed by atoms with Crippen molar-refractivity contribution in [1.29, 1.82) is 0 Å². The van der Waals surface area contributed by atoms with E-state index >= 15 is 0 Å². The zero-order valence-electron chi connectivity index (χ0n) is 10.0. The maximum Gasteiger partial charge on any atom is 0.335 e. The Morgan fingerprint density at radius 2 is 2.00 bits per heavy atom. The summed E-state index contributed by atoms with van der Waals surface area (Å²) in [5, 5.41) is 22.6. The second-order valence-corrected chi connectivity index (χ2v) is 4.79. The van der Waals surface area contributed by atoms with Gasteiger partial charge in [0, 0.05) is 22.3 Å². The fourth-order valence-corrected chi connectivity index (χ4v) is 2.07. The first-order valence-electron chi connectivity index (χ1n) is 5.51. The predicted molar refractivity (Wildman–Crippen MR) is 77.5 cm³/mol. The number of carbonyl (C=O) groups is 1. The minimum atomic E-state index is -1.02. The highest BCUT2D eigenvalue weighted by molar-refractivity contribution is 9.10. The summed E-state index contributed by atoms with van der Waals surface area (Å²) in [6, 6.07) is 10.6. The molecule has 102 valence electrons. The molecular weight excluding hydrogens is 328 g/mol. The van der Waals surface area contributed by atoms with Gasteiger partial charge < -0.3 is 10.4 Å². The van der Waals surface area contributed by atoms with Crippen molar-refractivity contribution in [1.82, 2.24) is 0 Å². The van der Waals surface area contributed by atoms with E-state index in [0.29, 0.717) is 15.8 Å². The number of aromatic carboxylic acids is 1. The molecule has 0 aliphatic rings. The van der Waals surface area contributed by atoms with Gasteiger partial charge in [0.25, 0.3) is 5.69 Å². The molecular formula is C13H9BrN2O4. The fraction of sp³-hybridized carbons (Fsp3) is 0. The third-order valence-corrected chi connectivity index (χ3v) is 3.21. The van der Waals surface area contributed by atoms with Crippen LogP contribution >= 0.6 is 15.9 Å². The first-order chi connectivity index (χ1) is 9.47. The van der Waals surface area contributed by atoms with Crippen LogP contribution in [0.4, 0.5) is 17.1 Å². The molecule has 0 aliphatic heterocycles. The maximum atomic E-state index is 10.9. The van der Waals surface area contributed by atoms with Gasteiger partial charge in [-0.15, -0.1) is 0 Å². The van der Waals surface area contributed by atoms with Crippen LogP contribution in [0.1, 0.15) is 10.4 Å². The zero-order chi connectivity index (χ0) is 14.7. The van der Waals surface area contributed by atoms with Crippen LogP contribution in [0.3, 0.4) is 0 Å². The van der Waals surface area contributed by atoms with Crippen LogP contribution in [0.5, 0.6) is 0 Å². The molecule has 0 aromatic heterocycles. The van der Waals surface area contributed by atoms with Gasteiger partial charge in [0.15, 0.2) is 0 Å². The van der Waals surface area contributed by atoms with Gasteiger partial charge in [-0.2, -0.15) is 0 Å². The molecule has 0 unspecified atom stereocenters. The van der Waals surface area contributed by atoms with Gasteiger partial charge in [-0.3, -0.25) is 10.1 Å². The molecule has 2 N–H and O–H groups in total. The third kappa shape index (κ3) is 3.12. The largest absolute Gasteiger partial charge is 0.478 e. The lowest BCUT2D eigenvalue weighted by atomic mass is 10.2. The molecule has 0 fully saturated rings. The van der Waals surface area contributed by atoms with Crippen molar-refractivity contribution in [3.8, 4) is 0 Å². The van der Waals surface area contributed by atoms with Crippen LogP contribution in [0, 0.1) is 10.1 Å². The van der Waals surface area contributed by atoms with Crippen LogP contribution < -0.4 is 5.32 Å². The molecule has 2 rings (SSSR count). The van der Waals surface area contributed by atoms with Gasteiger partial charge >= 0.3 is 5.97 Å².